The molecule has 11 saturated carbocycles. The summed E-state index contributed by atoms with van der Waals surface area (Å²) >= 11 is 0. The van der Waals surface area contributed by atoms with Gasteiger partial charge >= 0.3 is 41.8 Å². The predicted molar refractivity (Wildman–Crippen MR) is 392 cm³/mol. The molecule has 0 saturated heterocycles. The first kappa shape index (κ1) is 86.7. The molecule has 0 spiro atoms. The molecule has 0 aliphatic heterocycles. The van der Waals surface area contributed by atoms with E-state index in [1.807, 2.05) is 118 Å². The third-order valence-corrected chi connectivity index (χ3v) is 27.1. The zero-order valence-corrected chi connectivity index (χ0v) is 67.2. The van der Waals surface area contributed by atoms with Crippen molar-refractivity contribution < 1.29 is 66.7 Å². The summed E-state index contributed by atoms with van der Waals surface area (Å²) in [6, 6.07) is 0. The lowest BCUT2D eigenvalue weighted by atomic mass is 9.54. The molecule has 14 heteroatoms. The van der Waals surface area contributed by atoms with Crippen LogP contribution in [0.4, 0.5) is 0 Å². The average Bonchev–Trinajstić information content (AvgIpc) is 1.54. The van der Waals surface area contributed by atoms with E-state index in [0.29, 0.717) is 11.3 Å². The molecule has 14 nitrogen and oxygen atoms in total. The molecule has 0 amide bonds. The molecule has 98 heavy (non-hydrogen) atoms. The smallest absolute Gasteiger partial charge is 0.312 e. The first-order valence-electron chi connectivity index (χ1n) is 39.9. The molecule has 11 aliphatic rings. The van der Waals surface area contributed by atoms with E-state index in [2.05, 4.69) is 44.1 Å². The highest BCUT2D eigenvalue weighted by atomic mass is 16.6. The Hall–Kier alpha value is -3.71. The van der Waals surface area contributed by atoms with Crippen LogP contribution in [0.2, 0.25) is 0 Å². The number of rotatable bonds is 19. The average molecular weight is 1380 g/mol. The van der Waals surface area contributed by atoms with Crippen molar-refractivity contribution in [2.75, 3.05) is 14.2 Å². The number of fused-ring (bicyclic) bond motifs is 7. The van der Waals surface area contributed by atoms with E-state index in [1.165, 1.54) is 111 Å². The van der Waals surface area contributed by atoms with Gasteiger partial charge in [-0.2, -0.15) is 0 Å². The molecule has 11 aliphatic carbocycles. The minimum atomic E-state index is -0.345. The fourth-order valence-electron chi connectivity index (χ4n) is 17.0. The van der Waals surface area contributed by atoms with Crippen LogP contribution in [-0.2, 0) is 66.7 Å². The largest absolute Gasteiger partial charge is 0.469 e. The predicted octanol–water partition coefficient (Wildman–Crippen LogP) is 20.9. The van der Waals surface area contributed by atoms with Crippen molar-refractivity contribution in [1.82, 2.24) is 0 Å². The molecule has 11 fully saturated rings. The van der Waals surface area contributed by atoms with E-state index < -0.39 is 0 Å². The Morgan fingerprint density at radius 1 is 0.408 bits per heavy atom. The maximum absolute atomic E-state index is 12.4. The van der Waals surface area contributed by atoms with E-state index in [9.17, 15) is 33.6 Å². The Labute approximate surface area is 598 Å². The van der Waals surface area contributed by atoms with Gasteiger partial charge < -0.3 is 33.2 Å². The Bertz CT molecular complexity index is 2470. The number of carbonyl (C=O) groups excluding carboxylic acids is 7. The number of hydrogen-bond acceptors (Lipinski definition) is 14. The quantitative estimate of drug-likeness (QED) is 0.0879. The Morgan fingerprint density at radius 3 is 1.20 bits per heavy atom. The summed E-state index contributed by atoms with van der Waals surface area (Å²) in [5.74, 6) is 6.56. The standard InChI is InChI=1S/2C16H26O2.C16H28O2.C12H22O2.C11H20O2.C7H14O2.C6H12O2/c1-4-15(2,3)14(17)18-16-8-11-5-12(9-16)7-13(6-11)10-16;1-4-16(2,3)15(17)18-14-9-10-8-13(14)12-7-5-6-11(10)12;1-7-14(2,3)13(17)18-12-10-11-8-9-16(12,6)15(11,4)5;1-4-12(2,3)11(13)14-10-8-6-5-7-9-10;1-3-9(2)11(12)13-10-7-5-4-6-8-10;1-5-7(2,3)6(8)9-4;1-4-5(2)6(7)8-3/h11-13H,4-10H2,1-3H3;10-14H,4-9H2,1-3H3;11-12H,7-10H2,1-6H3;10H,4-9H2,1-3H3;9-10H,3-8H2,1-2H3;5H2,1-4H3;5H,4H2,1-3H3. The van der Waals surface area contributed by atoms with Crippen LogP contribution in [0.1, 0.15) is 351 Å². The molecule has 10 unspecified atom stereocenters. The zero-order valence-electron chi connectivity index (χ0n) is 67.2. The van der Waals surface area contributed by atoms with Gasteiger partial charge in [0, 0.05) is 5.41 Å². The summed E-state index contributed by atoms with van der Waals surface area (Å²) < 4.78 is 37.8. The van der Waals surface area contributed by atoms with E-state index in [4.69, 9.17) is 23.7 Å². The van der Waals surface area contributed by atoms with Crippen LogP contribution in [0.15, 0.2) is 0 Å². The van der Waals surface area contributed by atoms with Gasteiger partial charge in [-0.15, -0.1) is 0 Å². The van der Waals surface area contributed by atoms with Crippen molar-refractivity contribution in [3.05, 3.63) is 0 Å². The van der Waals surface area contributed by atoms with Gasteiger partial charge in [-0.05, 0) is 302 Å². The second kappa shape index (κ2) is 37.6. The number of methoxy groups -OCH3 is 2. The lowest BCUT2D eigenvalue weighted by molar-refractivity contribution is -0.196. The fraction of sp³-hybridized carbons (Fsp3) is 0.917. The van der Waals surface area contributed by atoms with Gasteiger partial charge in [-0.1, -0.05) is 102 Å². The number of carbonyl (C=O) groups is 7. The van der Waals surface area contributed by atoms with Crippen LogP contribution in [0.3, 0.4) is 0 Å². The van der Waals surface area contributed by atoms with Gasteiger partial charge in [0.25, 0.3) is 0 Å². The third kappa shape index (κ3) is 23.1. The first-order valence-corrected chi connectivity index (χ1v) is 39.9. The second-order valence-electron chi connectivity index (χ2n) is 36.3. The maximum atomic E-state index is 12.4. The molecule has 0 aromatic carbocycles. The lowest BCUT2D eigenvalue weighted by Gasteiger charge is -2.56. The Balaban J connectivity index is 0.000000247. The monoisotopic (exact) mass is 1380 g/mol. The first-order chi connectivity index (χ1) is 45.7. The lowest BCUT2D eigenvalue weighted by Crippen LogP contribution is -2.53. The zero-order chi connectivity index (χ0) is 74.0. The molecule has 0 radical (unpaired) electrons. The molecular formula is C84H148O14. The van der Waals surface area contributed by atoms with E-state index in [-0.39, 0.29) is 116 Å². The van der Waals surface area contributed by atoms with Gasteiger partial charge in [-0.3, -0.25) is 33.6 Å². The van der Waals surface area contributed by atoms with Crippen LogP contribution in [0, 0.1) is 97.1 Å². The van der Waals surface area contributed by atoms with Gasteiger partial charge in [0.15, 0.2) is 0 Å². The van der Waals surface area contributed by atoms with Gasteiger partial charge in [0.1, 0.15) is 30.0 Å². The molecule has 11 rings (SSSR count). The van der Waals surface area contributed by atoms with Gasteiger partial charge in [-0.25, -0.2) is 0 Å². The van der Waals surface area contributed by atoms with Crippen LogP contribution >= 0.6 is 0 Å². The Morgan fingerprint density at radius 2 is 0.816 bits per heavy atom. The second-order valence-corrected chi connectivity index (χ2v) is 36.3. The van der Waals surface area contributed by atoms with Crippen LogP contribution in [0.5, 0.6) is 0 Å². The molecule has 0 aromatic heterocycles. The fourth-order valence-corrected chi connectivity index (χ4v) is 17.0. The highest BCUT2D eigenvalue weighted by Gasteiger charge is 2.63. The molecular weight excluding hydrogens is 1230 g/mol. The molecule has 0 heterocycles. The molecule has 0 aromatic rings. The van der Waals surface area contributed by atoms with Crippen LogP contribution in [-0.4, -0.2) is 86.0 Å². The minimum absolute atomic E-state index is 0.00519. The van der Waals surface area contributed by atoms with E-state index in [0.717, 1.165) is 144 Å². The van der Waals surface area contributed by atoms with Gasteiger partial charge in [0.05, 0.1) is 53.1 Å². The third-order valence-electron chi connectivity index (χ3n) is 27.1. The minimum Gasteiger partial charge on any atom is -0.469 e. The molecule has 10 atom stereocenters. The van der Waals surface area contributed by atoms with E-state index >= 15 is 0 Å². The number of esters is 7. The maximum Gasteiger partial charge on any atom is 0.312 e. The van der Waals surface area contributed by atoms with Crippen molar-refractivity contribution in [3.63, 3.8) is 0 Å². The van der Waals surface area contributed by atoms with E-state index in [1.54, 1.807) is 0 Å². The summed E-state index contributed by atoms with van der Waals surface area (Å²) in [6.07, 6.45) is 36.4. The molecule has 568 valence electrons. The summed E-state index contributed by atoms with van der Waals surface area (Å²) in [5.41, 5.74) is -1.17. The topological polar surface area (TPSA) is 184 Å². The summed E-state index contributed by atoms with van der Waals surface area (Å²) in [6.45, 7) is 44.6. The SMILES string of the molecule is CCC(C)(C)C(=O)OC.CCC(C)(C)C(=O)OC12CC3CC(CC(C3)C1)C2.CCC(C)(C)C(=O)OC1CC2CC1C1CCCC21.CCC(C)(C)C(=O)OC1CC2CCC1(C)C2(C)C.CCC(C)(C)C(=O)OC1CCCCC1.CCC(C)C(=O)OC.CCC(C)C(=O)OC1CCCCC1. The van der Waals surface area contributed by atoms with Crippen molar-refractivity contribution >= 4 is 41.8 Å². The van der Waals surface area contributed by atoms with Crippen LogP contribution in [0.25, 0.3) is 0 Å². The summed E-state index contributed by atoms with van der Waals surface area (Å²) in [7, 11) is 2.83. The van der Waals surface area contributed by atoms with Crippen molar-refractivity contribution in [1.29, 1.82) is 0 Å². The number of ether oxygens (including phenoxy) is 7. The highest BCUT2D eigenvalue weighted by molar-refractivity contribution is 5.78. The highest BCUT2D eigenvalue weighted by Crippen LogP contribution is 2.66. The van der Waals surface area contributed by atoms with Crippen molar-refractivity contribution in [2.24, 2.45) is 97.1 Å². The van der Waals surface area contributed by atoms with Gasteiger partial charge in [0.2, 0.25) is 0 Å². The Kier molecular flexibility index (Phi) is 33.3. The molecule has 8 bridgehead atoms. The van der Waals surface area contributed by atoms with Crippen molar-refractivity contribution in [3.8, 4) is 0 Å². The van der Waals surface area contributed by atoms with Crippen molar-refractivity contribution in [2.45, 2.75) is 381 Å². The summed E-state index contributed by atoms with van der Waals surface area (Å²) in [5, 5.41) is 0. The summed E-state index contributed by atoms with van der Waals surface area (Å²) in [4.78, 5) is 81.3. The normalized spacial score (nSPS) is 30.0. The van der Waals surface area contributed by atoms with Crippen LogP contribution < -0.4 is 0 Å². The molecule has 0 N–H and O–H groups in total. The number of hydrogen-bond donors (Lipinski definition) is 0.